The zero-order chi connectivity index (χ0) is 34.5. The van der Waals surface area contributed by atoms with Crippen LogP contribution in [0.1, 0.15) is 82.5 Å². The largest absolute Gasteiger partial charge is 0.494 e. The van der Waals surface area contributed by atoms with Gasteiger partial charge in [0, 0.05) is 59.5 Å². The zero-order valence-corrected chi connectivity index (χ0v) is 29.6. The highest BCUT2D eigenvalue weighted by atomic mass is 79.9. The first-order valence-electron chi connectivity index (χ1n) is 16.9. The molecule has 0 radical (unpaired) electrons. The van der Waals surface area contributed by atoms with Gasteiger partial charge in [-0.15, -0.1) is 0 Å². The van der Waals surface area contributed by atoms with Crippen molar-refractivity contribution in [2.75, 3.05) is 36.6 Å². The number of nitrogens with zero attached hydrogens (tertiary/aromatic N) is 2. The number of anilines is 1. The predicted octanol–water partition coefficient (Wildman–Crippen LogP) is 9.63. The first kappa shape index (κ1) is 36.9. The summed E-state index contributed by atoms with van der Waals surface area (Å²) in [7, 11) is 0. The maximum Gasteiger partial charge on any atom is 0.263 e. The maximum atomic E-state index is 14.2. The van der Waals surface area contributed by atoms with E-state index in [-0.39, 0.29) is 23.2 Å². The normalized spacial score (nSPS) is 11.1. The van der Waals surface area contributed by atoms with E-state index >= 15 is 0 Å². The predicted molar refractivity (Wildman–Crippen MR) is 192 cm³/mol. The molecular weight excluding hydrogens is 682 g/mol. The molecule has 4 rings (SSSR count). The van der Waals surface area contributed by atoms with Gasteiger partial charge >= 0.3 is 0 Å². The molecule has 258 valence electrons. The lowest BCUT2D eigenvalue weighted by Gasteiger charge is -2.22. The molecule has 0 saturated heterocycles. The van der Waals surface area contributed by atoms with Crippen molar-refractivity contribution in [3.63, 3.8) is 0 Å². The summed E-state index contributed by atoms with van der Waals surface area (Å²) in [5.41, 5.74) is 0.492. The second-order valence-corrected chi connectivity index (χ2v) is 12.4. The number of carbonyl (C=O) groups excluding carboxylic acids is 1. The molecule has 4 aromatic rings. The first-order chi connectivity index (χ1) is 23.3. The van der Waals surface area contributed by atoms with Crippen molar-refractivity contribution < 1.29 is 27.8 Å². The van der Waals surface area contributed by atoms with Gasteiger partial charge in [0.1, 0.15) is 34.4 Å². The van der Waals surface area contributed by atoms with E-state index in [0.29, 0.717) is 48.3 Å². The van der Waals surface area contributed by atoms with Crippen LogP contribution in [0.15, 0.2) is 65.6 Å². The number of carbonyl (C=O) groups is 1. The van der Waals surface area contributed by atoms with Crippen molar-refractivity contribution in [1.29, 1.82) is 0 Å². The van der Waals surface area contributed by atoms with Crippen molar-refractivity contribution in [3.8, 4) is 22.9 Å². The van der Waals surface area contributed by atoms with Gasteiger partial charge in [0.25, 0.3) is 5.91 Å². The molecule has 0 fully saturated rings. The summed E-state index contributed by atoms with van der Waals surface area (Å²) in [4.78, 5) is 29.2. The quantitative estimate of drug-likeness (QED) is 0.0711. The summed E-state index contributed by atoms with van der Waals surface area (Å²) in [6.07, 6.45) is 9.82. The number of hydrogen-bond acceptors (Lipinski definition) is 5. The number of pyridine rings is 1. The number of alkyl halides is 1. The van der Waals surface area contributed by atoms with E-state index in [2.05, 4.69) is 15.9 Å². The van der Waals surface area contributed by atoms with Crippen LogP contribution in [0.25, 0.3) is 16.6 Å². The standard InChI is InChI=1S/C38H45BrF2N2O5/c1-4-16-46-32-22-30(23-33(24-32)47-17-5-2)43-26-35(38(45)42(6-3)29-20-27(40)19-28(41)21-29)37(44)34-14-13-31(25-36(34)43)48-18-12-10-8-7-9-11-15-39/h13-14,19-26H,4-12,15-18H2,1-3H3. The lowest BCUT2D eigenvalue weighted by atomic mass is 10.1. The number of fused-ring (bicyclic) bond motifs is 1. The Labute approximate surface area is 289 Å². The van der Waals surface area contributed by atoms with Crippen LogP contribution >= 0.6 is 15.9 Å². The zero-order valence-electron chi connectivity index (χ0n) is 28.0. The SMILES string of the molecule is CCCOc1cc(OCCC)cc(-n2cc(C(=O)N(CC)c3cc(F)cc(F)c3)c(=O)c3ccc(OCCCCCCCCBr)cc32)c1. The molecule has 0 N–H and O–H groups in total. The average Bonchev–Trinajstić information content (AvgIpc) is 3.07. The monoisotopic (exact) mass is 726 g/mol. The van der Waals surface area contributed by atoms with Crippen molar-refractivity contribution in [2.24, 2.45) is 0 Å². The third-order valence-corrected chi connectivity index (χ3v) is 8.37. The maximum absolute atomic E-state index is 14.2. The lowest BCUT2D eigenvalue weighted by molar-refractivity contribution is 0.0987. The summed E-state index contributed by atoms with van der Waals surface area (Å²) in [6, 6.07) is 13.5. The second-order valence-electron chi connectivity index (χ2n) is 11.6. The van der Waals surface area contributed by atoms with Crippen molar-refractivity contribution in [2.45, 2.75) is 72.1 Å². The Morgan fingerprint density at radius 3 is 1.96 bits per heavy atom. The first-order valence-corrected chi connectivity index (χ1v) is 18.0. The third kappa shape index (κ3) is 9.81. The average molecular weight is 728 g/mol. The molecule has 0 bridgehead atoms. The van der Waals surface area contributed by atoms with E-state index in [0.717, 1.165) is 55.6 Å². The van der Waals surface area contributed by atoms with Gasteiger partial charge in [-0.3, -0.25) is 9.59 Å². The van der Waals surface area contributed by atoms with E-state index in [1.807, 2.05) is 32.0 Å². The molecule has 0 unspecified atom stereocenters. The Morgan fingerprint density at radius 2 is 1.35 bits per heavy atom. The van der Waals surface area contributed by atoms with Crippen LogP contribution in [0.3, 0.4) is 0 Å². The number of unbranched alkanes of at least 4 members (excludes halogenated alkanes) is 5. The Balaban J connectivity index is 1.79. The van der Waals surface area contributed by atoms with Crippen LogP contribution < -0.4 is 24.5 Å². The van der Waals surface area contributed by atoms with E-state index in [9.17, 15) is 18.4 Å². The van der Waals surface area contributed by atoms with Crippen LogP contribution in [0.4, 0.5) is 14.5 Å². The number of aromatic nitrogens is 1. The van der Waals surface area contributed by atoms with Gasteiger partial charge in [-0.1, -0.05) is 55.5 Å². The molecule has 3 aromatic carbocycles. The summed E-state index contributed by atoms with van der Waals surface area (Å²) < 4.78 is 48.2. The Hall–Kier alpha value is -3.92. The number of halogens is 3. The van der Waals surface area contributed by atoms with Crippen molar-refractivity contribution in [1.82, 2.24) is 4.57 Å². The lowest BCUT2D eigenvalue weighted by Crippen LogP contribution is -2.35. The van der Waals surface area contributed by atoms with E-state index in [4.69, 9.17) is 14.2 Å². The molecule has 1 amide bonds. The van der Waals surface area contributed by atoms with Gasteiger partial charge < -0.3 is 23.7 Å². The fourth-order valence-electron chi connectivity index (χ4n) is 5.44. The highest BCUT2D eigenvalue weighted by Crippen LogP contribution is 2.30. The highest BCUT2D eigenvalue weighted by molar-refractivity contribution is 9.09. The fraction of sp³-hybridized carbons (Fsp3) is 0.421. The van der Waals surface area contributed by atoms with Gasteiger partial charge in [0.15, 0.2) is 0 Å². The van der Waals surface area contributed by atoms with Crippen LogP contribution in [-0.2, 0) is 0 Å². The molecule has 0 aliphatic rings. The molecule has 0 atom stereocenters. The summed E-state index contributed by atoms with van der Waals surface area (Å²) >= 11 is 3.47. The summed E-state index contributed by atoms with van der Waals surface area (Å²) in [5, 5.41) is 1.32. The van der Waals surface area contributed by atoms with Crippen LogP contribution in [0.2, 0.25) is 0 Å². The Morgan fingerprint density at radius 1 is 0.750 bits per heavy atom. The Bertz CT molecular complexity index is 1680. The molecule has 48 heavy (non-hydrogen) atoms. The topological polar surface area (TPSA) is 70.0 Å². The minimum Gasteiger partial charge on any atom is -0.494 e. The van der Waals surface area contributed by atoms with Gasteiger partial charge in [-0.25, -0.2) is 8.78 Å². The number of ether oxygens (including phenoxy) is 3. The van der Waals surface area contributed by atoms with Crippen LogP contribution in [0.5, 0.6) is 17.2 Å². The summed E-state index contributed by atoms with van der Waals surface area (Å²) in [6.45, 7) is 7.32. The van der Waals surface area contributed by atoms with Gasteiger partial charge in [0.05, 0.1) is 31.0 Å². The highest BCUT2D eigenvalue weighted by Gasteiger charge is 2.24. The minimum atomic E-state index is -0.821. The molecule has 0 spiro atoms. The number of rotatable bonds is 19. The smallest absolute Gasteiger partial charge is 0.263 e. The number of amides is 1. The van der Waals surface area contributed by atoms with E-state index in [1.165, 1.54) is 30.4 Å². The summed E-state index contributed by atoms with van der Waals surface area (Å²) in [5.74, 6) is -0.570. The fourth-order valence-corrected chi connectivity index (χ4v) is 5.84. The Kier molecular flexibility index (Phi) is 14.3. The molecular formula is C38H45BrF2N2O5. The molecule has 0 aliphatic carbocycles. The van der Waals surface area contributed by atoms with Crippen LogP contribution in [-0.4, -0.2) is 42.2 Å². The van der Waals surface area contributed by atoms with E-state index in [1.54, 1.807) is 29.7 Å². The molecule has 7 nitrogen and oxygen atoms in total. The van der Waals surface area contributed by atoms with Crippen molar-refractivity contribution in [3.05, 3.63) is 88.2 Å². The molecule has 0 saturated carbocycles. The molecule has 1 heterocycles. The van der Waals surface area contributed by atoms with Crippen LogP contribution in [0, 0.1) is 11.6 Å². The van der Waals surface area contributed by atoms with Gasteiger partial charge in [-0.05, 0) is 56.9 Å². The van der Waals surface area contributed by atoms with Gasteiger partial charge in [0.2, 0.25) is 5.43 Å². The second kappa shape index (κ2) is 18.6. The van der Waals surface area contributed by atoms with E-state index < -0.39 is 23.0 Å². The molecule has 1 aromatic heterocycles. The third-order valence-electron chi connectivity index (χ3n) is 7.81. The van der Waals surface area contributed by atoms with Crippen molar-refractivity contribution >= 4 is 38.4 Å². The molecule has 0 aliphatic heterocycles. The molecule has 10 heteroatoms. The minimum absolute atomic E-state index is 0.0168. The van der Waals surface area contributed by atoms with Gasteiger partial charge in [-0.2, -0.15) is 0 Å². The number of hydrogen-bond donors (Lipinski definition) is 0. The number of benzene rings is 3.